The molecule has 0 atom stereocenters. The number of amides is 3. The molecule has 178 valence electrons. The van der Waals surface area contributed by atoms with E-state index < -0.39 is 5.60 Å². The average Bonchev–Trinajstić information content (AvgIpc) is 3.22. The minimum atomic E-state index is -0.502. The highest BCUT2D eigenvalue weighted by Crippen LogP contribution is 2.26. The van der Waals surface area contributed by atoms with E-state index in [1.165, 1.54) is 0 Å². The number of aromatic nitrogens is 1. The highest BCUT2D eigenvalue weighted by atomic mass is 16.6. The molecule has 3 heterocycles. The van der Waals surface area contributed by atoms with E-state index in [2.05, 4.69) is 5.32 Å². The molecule has 8 heteroatoms. The smallest absolute Gasteiger partial charge is 0.410 e. The van der Waals surface area contributed by atoms with Crippen molar-refractivity contribution in [2.75, 3.05) is 26.2 Å². The van der Waals surface area contributed by atoms with E-state index in [1.807, 2.05) is 62.4 Å². The predicted molar refractivity (Wildman–Crippen MR) is 122 cm³/mol. The summed E-state index contributed by atoms with van der Waals surface area (Å²) in [5.41, 5.74) is 0.152. The maximum Gasteiger partial charge on any atom is 0.410 e. The van der Waals surface area contributed by atoms with Crippen LogP contribution in [0.1, 0.15) is 76.8 Å². The Labute approximate surface area is 191 Å². The van der Waals surface area contributed by atoms with E-state index in [-0.39, 0.29) is 35.9 Å². The van der Waals surface area contributed by atoms with Crippen molar-refractivity contribution >= 4 is 17.9 Å². The second-order valence-corrected chi connectivity index (χ2v) is 10.2. The first-order chi connectivity index (χ1) is 15.0. The zero-order chi connectivity index (χ0) is 23.5. The van der Waals surface area contributed by atoms with Crippen LogP contribution in [0.15, 0.2) is 18.3 Å². The fourth-order valence-corrected chi connectivity index (χ4v) is 4.43. The molecule has 2 aliphatic rings. The Balaban J connectivity index is 1.52. The molecule has 1 aromatic heterocycles. The van der Waals surface area contributed by atoms with Crippen LogP contribution < -0.4 is 5.32 Å². The second-order valence-electron chi connectivity index (χ2n) is 10.2. The van der Waals surface area contributed by atoms with Crippen molar-refractivity contribution in [3.05, 3.63) is 24.0 Å². The highest BCUT2D eigenvalue weighted by Gasteiger charge is 2.30. The Morgan fingerprint density at radius 3 is 2.16 bits per heavy atom. The third-order valence-corrected chi connectivity index (χ3v) is 6.16. The van der Waals surface area contributed by atoms with Gasteiger partial charge in [0.1, 0.15) is 11.3 Å². The van der Waals surface area contributed by atoms with Gasteiger partial charge in [0.05, 0.1) is 0 Å². The first-order valence-corrected chi connectivity index (χ1v) is 11.8. The maximum absolute atomic E-state index is 13.0. The number of likely N-dealkylation sites (tertiary alicyclic amines) is 2. The van der Waals surface area contributed by atoms with Crippen molar-refractivity contribution in [1.82, 2.24) is 19.7 Å². The van der Waals surface area contributed by atoms with E-state index in [0.717, 1.165) is 25.7 Å². The summed E-state index contributed by atoms with van der Waals surface area (Å²) < 4.78 is 7.52. The normalized spacial score (nSPS) is 18.7. The molecular weight excluding hydrogens is 408 g/mol. The molecule has 0 spiro atoms. The minimum absolute atomic E-state index is 0.00570. The van der Waals surface area contributed by atoms with Crippen LogP contribution in [0.25, 0.3) is 0 Å². The van der Waals surface area contributed by atoms with Crippen LogP contribution in [0.3, 0.4) is 0 Å². The quantitative estimate of drug-likeness (QED) is 0.768. The fraction of sp³-hybridized carbons (Fsp3) is 0.708. The third kappa shape index (κ3) is 6.04. The molecule has 0 aromatic carbocycles. The van der Waals surface area contributed by atoms with Crippen molar-refractivity contribution in [1.29, 1.82) is 0 Å². The van der Waals surface area contributed by atoms with Gasteiger partial charge in [-0.3, -0.25) is 9.59 Å². The first-order valence-electron chi connectivity index (χ1n) is 11.8. The summed E-state index contributed by atoms with van der Waals surface area (Å²) in [7, 11) is 0. The zero-order valence-corrected chi connectivity index (χ0v) is 20.1. The van der Waals surface area contributed by atoms with E-state index in [9.17, 15) is 14.4 Å². The van der Waals surface area contributed by atoms with Gasteiger partial charge in [-0.25, -0.2) is 4.79 Å². The van der Waals surface area contributed by atoms with Gasteiger partial charge in [-0.2, -0.15) is 0 Å². The summed E-state index contributed by atoms with van der Waals surface area (Å²) in [6.07, 6.45) is 4.79. The largest absolute Gasteiger partial charge is 0.444 e. The molecule has 8 nitrogen and oxygen atoms in total. The van der Waals surface area contributed by atoms with Crippen LogP contribution in [0.2, 0.25) is 0 Å². The number of nitrogens with one attached hydrogen (secondary N) is 1. The van der Waals surface area contributed by atoms with Crippen LogP contribution in [0.5, 0.6) is 0 Å². The lowest BCUT2D eigenvalue weighted by atomic mass is 10.0. The second kappa shape index (κ2) is 9.96. The highest BCUT2D eigenvalue weighted by molar-refractivity contribution is 5.93. The molecule has 0 bridgehead atoms. The van der Waals surface area contributed by atoms with Crippen LogP contribution >= 0.6 is 0 Å². The fourth-order valence-electron chi connectivity index (χ4n) is 4.43. The summed E-state index contributed by atoms with van der Waals surface area (Å²) in [4.78, 5) is 41.1. The molecule has 1 N–H and O–H groups in total. The summed E-state index contributed by atoms with van der Waals surface area (Å²) in [6.45, 7) is 12.0. The molecule has 2 fully saturated rings. The molecule has 0 unspecified atom stereocenters. The maximum atomic E-state index is 13.0. The van der Waals surface area contributed by atoms with Crippen LogP contribution in [-0.2, 0) is 9.53 Å². The first kappa shape index (κ1) is 24.1. The van der Waals surface area contributed by atoms with Gasteiger partial charge in [0.2, 0.25) is 5.91 Å². The van der Waals surface area contributed by atoms with Crippen LogP contribution in [0, 0.1) is 5.92 Å². The van der Waals surface area contributed by atoms with E-state index in [0.29, 0.717) is 31.9 Å². The standard InChI is InChI=1S/C24H38N4O4/c1-17(2)22(30)26-13-8-18(9-14-26)25-21(29)20-7-6-12-28(20)19-10-15-27(16-11-19)23(31)32-24(3,4)5/h6-7,12,17-19H,8-11,13-16H2,1-5H3,(H,25,29). The van der Waals surface area contributed by atoms with Gasteiger partial charge >= 0.3 is 6.09 Å². The minimum Gasteiger partial charge on any atom is -0.444 e. The Morgan fingerprint density at radius 1 is 1.00 bits per heavy atom. The SMILES string of the molecule is CC(C)C(=O)N1CCC(NC(=O)c2cccn2C2CCN(C(=O)OC(C)(C)C)CC2)CC1. The van der Waals surface area contributed by atoms with Crippen LogP contribution in [0.4, 0.5) is 4.79 Å². The van der Waals surface area contributed by atoms with Gasteiger partial charge < -0.3 is 24.4 Å². The molecule has 3 amide bonds. The van der Waals surface area contributed by atoms with Crippen LogP contribution in [-0.4, -0.2) is 70.1 Å². The number of nitrogens with zero attached hydrogens (tertiary/aromatic N) is 3. The lowest BCUT2D eigenvalue weighted by Crippen LogP contribution is -2.48. The molecule has 1 aromatic rings. The van der Waals surface area contributed by atoms with Gasteiger partial charge in [0, 0.05) is 50.4 Å². The monoisotopic (exact) mass is 446 g/mol. The summed E-state index contributed by atoms with van der Waals surface area (Å²) in [5, 5.41) is 3.16. The zero-order valence-electron chi connectivity index (χ0n) is 20.1. The number of ether oxygens (including phenoxy) is 1. The lowest BCUT2D eigenvalue weighted by Gasteiger charge is -2.35. The lowest BCUT2D eigenvalue weighted by molar-refractivity contribution is -0.135. The van der Waals surface area contributed by atoms with E-state index >= 15 is 0 Å². The number of hydrogen-bond donors (Lipinski definition) is 1. The molecule has 2 aliphatic heterocycles. The number of rotatable bonds is 4. The van der Waals surface area contributed by atoms with E-state index in [4.69, 9.17) is 4.74 Å². The van der Waals surface area contributed by atoms with Crippen molar-refractivity contribution in [2.45, 2.75) is 78.0 Å². The molecule has 0 radical (unpaired) electrons. The number of carbonyl (C=O) groups is 3. The Morgan fingerprint density at radius 2 is 1.59 bits per heavy atom. The molecule has 3 rings (SSSR count). The van der Waals surface area contributed by atoms with Crippen molar-refractivity contribution in [3.8, 4) is 0 Å². The Bertz CT molecular complexity index is 810. The molecular formula is C24H38N4O4. The number of piperidine rings is 2. The van der Waals surface area contributed by atoms with Gasteiger partial charge in [0.15, 0.2) is 0 Å². The third-order valence-electron chi connectivity index (χ3n) is 6.16. The molecule has 0 aliphatic carbocycles. The average molecular weight is 447 g/mol. The van der Waals surface area contributed by atoms with Gasteiger partial charge in [0.25, 0.3) is 5.91 Å². The molecule has 32 heavy (non-hydrogen) atoms. The number of hydrogen-bond acceptors (Lipinski definition) is 4. The topological polar surface area (TPSA) is 83.9 Å². The summed E-state index contributed by atoms with van der Waals surface area (Å²) in [6, 6.07) is 4.01. The van der Waals surface area contributed by atoms with Crippen molar-refractivity contribution < 1.29 is 19.1 Å². The predicted octanol–water partition coefficient (Wildman–Crippen LogP) is 3.44. The van der Waals surface area contributed by atoms with Gasteiger partial charge in [-0.1, -0.05) is 13.8 Å². The summed E-state index contributed by atoms with van der Waals surface area (Å²) >= 11 is 0. The van der Waals surface area contributed by atoms with Gasteiger partial charge in [-0.15, -0.1) is 0 Å². The van der Waals surface area contributed by atoms with Gasteiger partial charge in [-0.05, 0) is 58.6 Å². The Hall–Kier alpha value is -2.51. The number of carbonyl (C=O) groups excluding carboxylic acids is 3. The van der Waals surface area contributed by atoms with E-state index in [1.54, 1.807) is 4.90 Å². The van der Waals surface area contributed by atoms with Crippen molar-refractivity contribution in [2.24, 2.45) is 5.92 Å². The molecule has 2 saturated heterocycles. The summed E-state index contributed by atoms with van der Waals surface area (Å²) in [5.74, 6) is 0.116. The Kier molecular flexibility index (Phi) is 7.51. The van der Waals surface area contributed by atoms with Crippen molar-refractivity contribution in [3.63, 3.8) is 0 Å². The molecule has 0 saturated carbocycles.